The number of hydrogen-bond donors (Lipinski definition) is 0. The number of hydrogen-bond acceptors (Lipinski definition) is 5. The summed E-state index contributed by atoms with van der Waals surface area (Å²) in [7, 11) is 1.77. The Morgan fingerprint density at radius 3 is 2.45 bits per heavy atom. The van der Waals surface area contributed by atoms with Gasteiger partial charge in [0.1, 0.15) is 30.5 Å². The number of carbonyl (C=O) groups is 1. The van der Waals surface area contributed by atoms with Gasteiger partial charge in [0.2, 0.25) is 0 Å². The number of carbonyl (C=O) groups excluding carboxylic acids is 1. The fraction of sp³-hybridized carbons (Fsp3) is 0.304. The van der Waals surface area contributed by atoms with Crippen molar-refractivity contribution in [2.24, 2.45) is 0 Å². The molecule has 6 nitrogen and oxygen atoms in total. The zero-order valence-corrected chi connectivity index (χ0v) is 17.3. The van der Waals surface area contributed by atoms with Gasteiger partial charge in [-0.15, -0.1) is 0 Å². The van der Waals surface area contributed by atoms with E-state index in [0.717, 1.165) is 28.3 Å². The summed E-state index contributed by atoms with van der Waals surface area (Å²) in [6.07, 6.45) is 0. The van der Waals surface area contributed by atoms with Crippen molar-refractivity contribution in [2.75, 3.05) is 20.2 Å². The third-order valence-corrected chi connectivity index (χ3v) is 4.70. The topological polar surface area (TPSA) is 64.8 Å². The van der Waals surface area contributed by atoms with Crippen molar-refractivity contribution in [1.29, 1.82) is 0 Å². The molecule has 0 fully saturated rings. The molecule has 1 heterocycles. The molecule has 0 aliphatic heterocycles. The first-order chi connectivity index (χ1) is 13.9. The van der Waals surface area contributed by atoms with Gasteiger partial charge in [0.15, 0.2) is 0 Å². The van der Waals surface area contributed by atoms with Crippen LogP contribution in [0, 0.1) is 20.8 Å². The molecule has 6 heteroatoms. The quantitative estimate of drug-likeness (QED) is 0.569. The lowest BCUT2D eigenvalue weighted by Gasteiger charge is -2.18. The van der Waals surface area contributed by atoms with Gasteiger partial charge in [-0.2, -0.15) is 0 Å². The van der Waals surface area contributed by atoms with Gasteiger partial charge in [-0.25, -0.2) is 0 Å². The van der Waals surface area contributed by atoms with E-state index in [1.54, 1.807) is 36.2 Å². The monoisotopic (exact) mass is 394 g/mol. The highest BCUT2D eigenvalue weighted by molar-refractivity contribution is 5.94. The van der Waals surface area contributed by atoms with Crippen molar-refractivity contribution in [3.63, 3.8) is 0 Å². The van der Waals surface area contributed by atoms with Crippen LogP contribution in [0.4, 0.5) is 0 Å². The highest BCUT2D eigenvalue weighted by Crippen LogP contribution is 2.18. The van der Waals surface area contributed by atoms with Gasteiger partial charge in [-0.1, -0.05) is 17.3 Å². The molecular formula is C23H26N2O4. The zero-order valence-electron chi connectivity index (χ0n) is 17.3. The normalized spacial score (nSPS) is 10.6. The second-order valence-electron chi connectivity index (χ2n) is 7.01. The second kappa shape index (κ2) is 9.28. The number of benzene rings is 2. The van der Waals surface area contributed by atoms with Crippen LogP contribution in [0.15, 0.2) is 53.1 Å². The van der Waals surface area contributed by atoms with Crippen LogP contribution in [-0.2, 0) is 6.61 Å². The predicted octanol–water partition coefficient (Wildman–Crippen LogP) is 4.33. The average molecular weight is 394 g/mol. The van der Waals surface area contributed by atoms with Crippen LogP contribution in [0.1, 0.15) is 32.9 Å². The van der Waals surface area contributed by atoms with Crippen molar-refractivity contribution < 1.29 is 18.8 Å². The van der Waals surface area contributed by atoms with Gasteiger partial charge in [-0.05, 0) is 62.7 Å². The van der Waals surface area contributed by atoms with Crippen LogP contribution >= 0.6 is 0 Å². The average Bonchev–Trinajstić information content (AvgIpc) is 3.04. The molecule has 1 aromatic heterocycles. The smallest absolute Gasteiger partial charge is 0.253 e. The minimum absolute atomic E-state index is 0.0601. The fourth-order valence-corrected chi connectivity index (χ4v) is 2.88. The Morgan fingerprint density at radius 2 is 1.79 bits per heavy atom. The maximum atomic E-state index is 12.6. The summed E-state index contributed by atoms with van der Waals surface area (Å²) in [5, 5.41) is 3.92. The maximum absolute atomic E-state index is 12.6. The van der Waals surface area contributed by atoms with Gasteiger partial charge in [0.05, 0.1) is 17.8 Å². The van der Waals surface area contributed by atoms with E-state index < -0.39 is 0 Å². The number of ether oxygens (including phenoxy) is 2. The molecule has 3 rings (SSSR count). The molecule has 29 heavy (non-hydrogen) atoms. The van der Waals surface area contributed by atoms with Gasteiger partial charge < -0.3 is 18.9 Å². The van der Waals surface area contributed by atoms with E-state index in [-0.39, 0.29) is 5.91 Å². The maximum Gasteiger partial charge on any atom is 0.253 e. The van der Waals surface area contributed by atoms with E-state index in [1.807, 2.05) is 45.0 Å². The van der Waals surface area contributed by atoms with Crippen molar-refractivity contribution in [1.82, 2.24) is 10.1 Å². The molecule has 152 valence electrons. The van der Waals surface area contributed by atoms with Gasteiger partial charge in [0, 0.05) is 12.6 Å². The van der Waals surface area contributed by atoms with E-state index in [4.69, 9.17) is 14.0 Å². The molecule has 0 N–H and O–H groups in total. The summed E-state index contributed by atoms with van der Waals surface area (Å²) in [5.74, 6) is 2.19. The van der Waals surface area contributed by atoms with Crippen molar-refractivity contribution in [3.8, 4) is 11.5 Å². The van der Waals surface area contributed by atoms with Gasteiger partial charge in [-0.3, -0.25) is 4.79 Å². The molecule has 3 aromatic rings. The highest BCUT2D eigenvalue weighted by Gasteiger charge is 2.13. The molecule has 0 aliphatic rings. The fourth-order valence-electron chi connectivity index (χ4n) is 2.88. The molecule has 0 saturated heterocycles. The molecule has 0 atom stereocenters. The van der Waals surface area contributed by atoms with E-state index in [2.05, 4.69) is 5.16 Å². The SMILES string of the molecule is Cc1cccc(OCCN(C)C(=O)c2ccc(OCc3c(C)noc3C)cc2)c1. The summed E-state index contributed by atoms with van der Waals surface area (Å²) in [5.41, 5.74) is 3.51. The van der Waals surface area contributed by atoms with Crippen molar-refractivity contribution >= 4 is 5.91 Å². The summed E-state index contributed by atoms with van der Waals surface area (Å²) >= 11 is 0. The Hall–Kier alpha value is -3.28. The Labute approximate surface area is 171 Å². The first-order valence-electron chi connectivity index (χ1n) is 9.53. The molecule has 0 unspecified atom stereocenters. The summed E-state index contributed by atoms with van der Waals surface area (Å²) < 4.78 is 16.6. The minimum atomic E-state index is -0.0601. The molecular weight excluding hydrogens is 368 g/mol. The van der Waals surface area contributed by atoms with E-state index in [9.17, 15) is 4.79 Å². The first-order valence-corrected chi connectivity index (χ1v) is 9.53. The molecule has 0 saturated carbocycles. The van der Waals surface area contributed by atoms with Crippen molar-refractivity contribution in [2.45, 2.75) is 27.4 Å². The lowest BCUT2D eigenvalue weighted by atomic mass is 10.2. The standard InChI is InChI=1S/C23H26N2O4/c1-16-6-5-7-21(14-16)27-13-12-25(4)23(26)19-8-10-20(11-9-19)28-15-22-17(2)24-29-18(22)3/h5-11,14H,12-13,15H2,1-4H3. The number of likely N-dealkylation sites (N-methyl/N-ethyl adjacent to an activating group) is 1. The first kappa shape index (κ1) is 20.5. The third kappa shape index (κ3) is 5.38. The van der Waals surface area contributed by atoms with Crippen molar-refractivity contribution in [3.05, 3.63) is 76.7 Å². The highest BCUT2D eigenvalue weighted by atomic mass is 16.5. The lowest BCUT2D eigenvalue weighted by molar-refractivity contribution is 0.0773. The number of nitrogens with zero attached hydrogens (tertiary/aromatic N) is 2. The van der Waals surface area contributed by atoms with E-state index >= 15 is 0 Å². The molecule has 0 bridgehead atoms. The number of rotatable bonds is 8. The Bertz CT molecular complexity index is 944. The third-order valence-electron chi connectivity index (χ3n) is 4.70. The van der Waals surface area contributed by atoms with Crippen LogP contribution in [0.2, 0.25) is 0 Å². The van der Waals surface area contributed by atoms with E-state index in [1.165, 1.54) is 0 Å². The van der Waals surface area contributed by atoms with Gasteiger partial charge >= 0.3 is 0 Å². The zero-order chi connectivity index (χ0) is 20.8. The van der Waals surface area contributed by atoms with E-state index in [0.29, 0.717) is 31.1 Å². The molecule has 1 amide bonds. The van der Waals surface area contributed by atoms with Crippen LogP contribution in [0.5, 0.6) is 11.5 Å². The Morgan fingerprint density at radius 1 is 1.03 bits per heavy atom. The summed E-state index contributed by atoms with van der Waals surface area (Å²) in [6.45, 7) is 7.07. The number of amides is 1. The van der Waals surface area contributed by atoms with Crippen LogP contribution in [-0.4, -0.2) is 36.2 Å². The molecule has 0 radical (unpaired) electrons. The lowest BCUT2D eigenvalue weighted by Crippen LogP contribution is -2.30. The predicted molar refractivity (Wildman–Crippen MR) is 110 cm³/mol. The molecule has 2 aromatic carbocycles. The minimum Gasteiger partial charge on any atom is -0.492 e. The Balaban J connectivity index is 1.50. The summed E-state index contributed by atoms with van der Waals surface area (Å²) in [6, 6.07) is 15.0. The number of aromatic nitrogens is 1. The van der Waals surface area contributed by atoms with Crippen LogP contribution in [0.3, 0.4) is 0 Å². The Kier molecular flexibility index (Phi) is 6.54. The van der Waals surface area contributed by atoms with Crippen LogP contribution in [0.25, 0.3) is 0 Å². The van der Waals surface area contributed by atoms with Gasteiger partial charge in [0.25, 0.3) is 5.91 Å². The summed E-state index contributed by atoms with van der Waals surface area (Å²) in [4.78, 5) is 14.2. The molecule has 0 spiro atoms. The number of aryl methyl sites for hydroxylation is 3. The molecule has 0 aliphatic carbocycles. The largest absolute Gasteiger partial charge is 0.492 e. The second-order valence-corrected chi connectivity index (χ2v) is 7.01. The van der Waals surface area contributed by atoms with Crippen LogP contribution < -0.4 is 9.47 Å².